The molecule has 2 aromatic rings. The van der Waals surface area contributed by atoms with E-state index in [9.17, 15) is 19.8 Å². The first-order valence-corrected chi connectivity index (χ1v) is 9.33. The standard InChI is InChI=1S/C17H24N4O4S/c1-11(22)7-18-15(24)9-21-14-6-4-3-5-13(14)20-17(21)26-10-16(25)19-8-12(2)23/h3-6,11-12,22-23H,7-10H2,1-2H3,(H,18,24)(H,19,25)/t11-,12-/m1/s1. The van der Waals surface area contributed by atoms with Gasteiger partial charge in [-0.05, 0) is 26.0 Å². The minimum Gasteiger partial charge on any atom is -0.392 e. The van der Waals surface area contributed by atoms with E-state index in [0.29, 0.717) is 5.16 Å². The fraction of sp³-hybridized carbons (Fsp3) is 0.471. The second-order valence-electron chi connectivity index (χ2n) is 6.06. The van der Waals surface area contributed by atoms with Crippen molar-refractivity contribution >= 4 is 34.6 Å². The number of amides is 2. The third kappa shape index (κ3) is 6.01. The highest BCUT2D eigenvalue weighted by atomic mass is 32.2. The molecular formula is C17H24N4O4S. The van der Waals surface area contributed by atoms with Gasteiger partial charge in [-0.15, -0.1) is 0 Å². The lowest BCUT2D eigenvalue weighted by molar-refractivity contribution is -0.122. The molecule has 0 aliphatic rings. The SMILES string of the molecule is C[C@@H](O)CNC(=O)CSc1nc2ccccc2n1CC(=O)NC[C@@H](C)O. The maximum Gasteiger partial charge on any atom is 0.240 e. The van der Waals surface area contributed by atoms with Gasteiger partial charge in [-0.2, -0.15) is 0 Å². The lowest BCUT2D eigenvalue weighted by atomic mass is 10.3. The number of hydrogen-bond acceptors (Lipinski definition) is 6. The average Bonchev–Trinajstić information content (AvgIpc) is 2.94. The Morgan fingerprint density at radius 1 is 1.12 bits per heavy atom. The van der Waals surface area contributed by atoms with E-state index in [4.69, 9.17) is 0 Å². The molecule has 26 heavy (non-hydrogen) atoms. The van der Waals surface area contributed by atoms with E-state index in [0.717, 1.165) is 11.0 Å². The molecule has 0 spiro atoms. The average molecular weight is 380 g/mol. The molecule has 2 amide bonds. The van der Waals surface area contributed by atoms with Gasteiger partial charge in [-0.1, -0.05) is 23.9 Å². The van der Waals surface area contributed by atoms with Gasteiger partial charge in [0.25, 0.3) is 0 Å². The van der Waals surface area contributed by atoms with Gasteiger partial charge in [0.2, 0.25) is 11.8 Å². The summed E-state index contributed by atoms with van der Waals surface area (Å²) in [5, 5.41) is 24.3. The molecule has 9 heteroatoms. The van der Waals surface area contributed by atoms with Crippen molar-refractivity contribution in [3.05, 3.63) is 24.3 Å². The molecule has 1 heterocycles. The summed E-state index contributed by atoms with van der Waals surface area (Å²) in [4.78, 5) is 28.5. The van der Waals surface area contributed by atoms with Gasteiger partial charge < -0.3 is 25.4 Å². The molecule has 0 saturated carbocycles. The van der Waals surface area contributed by atoms with Crippen molar-refractivity contribution in [1.29, 1.82) is 0 Å². The molecule has 0 bridgehead atoms. The van der Waals surface area contributed by atoms with Crippen molar-refractivity contribution in [2.24, 2.45) is 0 Å². The number of rotatable bonds is 9. The Bertz CT molecular complexity index is 760. The summed E-state index contributed by atoms with van der Waals surface area (Å²) in [6.45, 7) is 3.61. The van der Waals surface area contributed by atoms with E-state index < -0.39 is 12.2 Å². The third-order valence-electron chi connectivity index (χ3n) is 3.44. The zero-order valence-corrected chi connectivity index (χ0v) is 15.6. The largest absolute Gasteiger partial charge is 0.392 e. The zero-order valence-electron chi connectivity index (χ0n) is 14.8. The lowest BCUT2D eigenvalue weighted by Crippen LogP contribution is -2.33. The van der Waals surface area contributed by atoms with Crippen LogP contribution in [0, 0.1) is 0 Å². The van der Waals surface area contributed by atoms with Gasteiger partial charge in [0, 0.05) is 13.1 Å². The summed E-state index contributed by atoms with van der Waals surface area (Å²) >= 11 is 1.23. The molecule has 2 atom stereocenters. The highest BCUT2D eigenvalue weighted by molar-refractivity contribution is 7.99. The zero-order chi connectivity index (χ0) is 19.1. The van der Waals surface area contributed by atoms with Crippen molar-refractivity contribution in [2.45, 2.75) is 37.8 Å². The van der Waals surface area contributed by atoms with Crippen molar-refractivity contribution in [3.63, 3.8) is 0 Å². The van der Waals surface area contributed by atoms with Gasteiger partial charge in [-0.3, -0.25) is 9.59 Å². The number of nitrogens with one attached hydrogen (secondary N) is 2. The van der Waals surface area contributed by atoms with E-state index in [-0.39, 0.29) is 37.2 Å². The third-order valence-corrected chi connectivity index (χ3v) is 4.42. The minimum atomic E-state index is -0.620. The number of thioether (sulfide) groups is 1. The molecule has 0 radical (unpaired) electrons. The molecule has 0 saturated heterocycles. The second kappa shape index (κ2) is 9.56. The normalized spacial score (nSPS) is 13.4. The van der Waals surface area contributed by atoms with Gasteiger partial charge in [0.05, 0.1) is 29.0 Å². The molecule has 2 rings (SSSR count). The summed E-state index contributed by atoms with van der Waals surface area (Å²) < 4.78 is 1.75. The van der Waals surface area contributed by atoms with Crippen LogP contribution in [0.4, 0.5) is 0 Å². The van der Waals surface area contributed by atoms with Crippen molar-refractivity contribution in [1.82, 2.24) is 20.2 Å². The number of benzene rings is 1. The van der Waals surface area contributed by atoms with Gasteiger partial charge in [0.15, 0.2) is 5.16 Å². The molecular weight excluding hydrogens is 356 g/mol. The monoisotopic (exact) mass is 380 g/mol. The van der Waals surface area contributed by atoms with E-state index >= 15 is 0 Å². The number of nitrogens with zero attached hydrogens (tertiary/aromatic N) is 2. The maximum absolute atomic E-state index is 12.1. The smallest absolute Gasteiger partial charge is 0.240 e. The Labute approximate surface area is 156 Å². The van der Waals surface area contributed by atoms with Gasteiger partial charge in [-0.25, -0.2) is 4.98 Å². The highest BCUT2D eigenvalue weighted by Crippen LogP contribution is 2.23. The molecule has 1 aromatic heterocycles. The van der Waals surface area contributed by atoms with Crippen LogP contribution >= 0.6 is 11.8 Å². The Morgan fingerprint density at radius 3 is 2.38 bits per heavy atom. The number of carbonyl (C=O) groups excluding carboxylic acids is 2. The van der Waals surface area contributed by atoms with Crippen LogP contribution in [0.25, 0.3) is 11.0 Å². The van der Waals surface area contributed by atoms with Crippen LogP contribution in [-0.2, 0) is 16.1 Å². The van der Waals surface area contributed by atoms with Crippen LogP contribution in [0.2, 0.25) is 0 Å². The Morgan fingerprint density at radius 2 is 1.73 bits per heavy atom. The highest BCUT2D eigenvalue weighted by Gasteiger charge is 2.15. The Balaban J connectivity index is 2.10. The molecule has 4 N–H and O–H groups in total. The number of hydrogen-bond donors (Lipinski definition) is 4. The molecule has 0 unspecified atom stereocenters. The first-order chi connectivity index (χ1) is 12.4. The van der Waals surface area contributed by atoms with Crippen molar-refractivity contribution in [2.75, 3.05) is 18.8 Å². The van der Waals surface area contributed by atoms with Crippen LogP contribution < -0.4 is 10.6 Å². The summed E-state index contributed by atoms with van der Waals surface area (Å²) in [7, 11) is 0. The predicted molar refractivity (Wildman–Crippen MR) is 99.8 cm³/mol. The van der Waals surface area contributed by atoms with Gasteiger partial charge in [0.1, 0.15) is 6.54 Å². The number of imidazole rings is 1. The van der Waals surface area contributed by atoms with Crippen LogP contribution in [0.1, 0.15) is 13.8 Å². The summed E-state index contributed by atoms with van der Waals surface area (Å²) in [5.41, 5.74) is 1.54. The quantitative estimate of drug-likeness (QED) is 0.459. The maximum atomic E-state index is 12.1. The van der Waals surface area contributed by atoms with Gasteiger partial charge >= 0.3 is 0 Å². The Kier molecular flexibility index (Phi) is 7.43. The van der Waals surface area contributed by atoms with Crippen LogP contribution in [0.3, 0.4) is 0 Å². The second-order valence-corrected chi connectivity index (χ2v) is 7.01. The predicted octanol–water partition coefficient (Wildman–Crippen LogP) is 0.122. The number of carbonyl (C=O) groups is 2. The van der Waals surface area contributed by atoms with Crippen LogP contribution in [-0.4, -0.2) is 62.6 Å². The lowest BCUT2D eigenvalue weighted by Gasteiger charge is -2.11. The minimum absolute atomic E-state index is 0.0465. The number of aliphatic hydroxyl groups is 2. The number of fused-ring (bicyclic) bond motifs is 1. The number of para-hydroxylation sites is 2. The van der Waals surface area contributed by atoms with Crippen LogP contribution in [0.15, 0.2) is 29.4 Å². The molecule has 8 nitrogen and oxygen atoms in total. The number of aliphatic hydroxyl groups excluding tert-OH is 2. The fourth-order valence-corrected chi connectivity index (χ4v) is 3.06. The summed E-state index contributed by atoms with van der Waals surface area (Å²) in [5.74, 6) is -0.326. The van der Waals surface area contributed by atoms with Crippen molar-refractivity contribution < 1.29 is 19.8 Å². The molecule has 0 fully saturated rings. The van der Waals surface area contributed by atoms with E-state index in [2.05, 4.69) is 15.6 Å². The topological polar surface area (TPSA) is 116 Å². The molecule has 0 aliphatic heterocycles. The summed E-state index contributed by atoms with van der Waals surface area (Å²) in [6, 6.07) is 7.42. The van der Waals surface area contributed by atoms with Crippen LogP contribution in [0.5, 0.6) is 0 Å². The molecule has 0 aliphatic carbocycles. The number of aromatic nitrogens is 2. The Hall–Kier alpha value is -2.10. The first-order valence-electron chi connectivity index (χ1n) is 8.34. The van der Waals surface area contributed by atoms with E-state index in [1.54, 1.807) is 18.4 Å². The molecule has 1 aromatic carbocycles. The summed E-state index contributed by atoms with van der Waals surface area (Å²) in [6.07, 6.45) is -1.23. The van der Waals surface area contributed by atoms with E-state index in [1.807, 2.05) is 24.3 Å². The first kappa shape index (κ1) is 20.2. The molecule has 142 valence electrons. The van der Waals surface area contributed by atoms with Crippen molar-refractivity contribution in [3.8, 4) is 0 Å². The van der Waals surface area contributed by atoms with E-state index in [1.165, 1.54) is 11.8 Å². The fourth-order valence-electron chi connectivity index (χ4n) is 2.22.